The lowest BCUT2D eigenvalue weighted by atomic mass is 9.58. The number of Topliss-reactive ketones (excluding diaryl/α,β-unsaturated/α-hetero) is 1. The molecule has 2 aliphatic rings. The Morgan fingerprint density at radius 1 is 0.923 bits per heavy atom. The van der Waals surface area contributed by atoms with E-state index in [0.717, 1.165) is 51.7 Å². The summed E-state index contributed by atoms with van der Waals surface area (Å²) in [5, 5.41) is 73.3. The van der Waals surface area contributed by atoms with Crippen molar-refractivity contribution in [1.82, 2.24) is 9.97 Å². The number of hydrogen-bond donors (Lipinski definition) is 7. The highest BCUT2D eigenvalue weighted by Crippen LogP contribution is 2.55. The predicted octanol–water partition coefficient (Wildman–Crippen LogP) is 9.13. The molecule has 65 heavy (non-hydrogen) atoms. The molecule has 6 atom stereocenters. The minimum atomic E-state index is -1.19. The number of carbonyl (C=O) groups excluding carboxylic acids is 1. The number of phenolic OH excluding ortho intramolecular Hbond substituents is 4. The van der Waals surface area contributed by atoms with Gasteiger partial charge in [-0.3, -0.25) is 4.79 Å². The van der Waals surface area contributed by atoms with E-state index in [2.05, 4.69) is 24.1 Å². The normalized spacial score (nSPS) is 21.6. The quantitative estimate of drug-likeness (QED) is 0.0430. The number of aliphatic hydroxyl groups is 2. The molecule has 1 fully saturated rings. The summed E-state index contributed by atoms with van der Waals surface area (Å²) in [6.45, 7) is 4.59. The van der Waals surface area contributed by atoms with Crippen LogP contribution in [0.5, 0.6) is 34.5 Å². The maximum Gasteiger partial charge on any atom is 0.200 e. The van der Waals surface area contributed by atoms with Crippen LogP contribution in [0, 0.1) is 17.8 Å². The SMILES string of the molecule is COc1cc(CC[C@@H](O)[C@H]2C(=O)C[C@H](c3cc(O)c(O)c(OCCCC(C)C)c3)CCc3c(ccc4cc(O)ccc34)Nc3cc(ccn3)[C@@]23CC[C@@H](O)[C@H]3Cc2ccc[n-]2)ccc1O. The summed E-state index contributed by atoms with van der Waals surface area (Å²) in [7, 11) is 1.48. The van der Waals surface area contributed by atoms with Gasteiger partial charge in [-0.25, -0.2) is 4.98 Å². The van der Waals surface area contributed by atoms with Crippen molar-refractivity contribution in [3.8, 4) is 34.5 Å². The van der Waals surface area contributed by atoms with E-state index in [0.29, 0.717) is 68.2 Å². The molecule has 1 spiro atoms. The van der Waals surface area contributed by atoms with Crippen LogP contribution in [0.3, 0.4) is 0 Å². The molecular weight excluding hydrogens is 823 g/mol. The number of ketones is 1. The fraction of sp³-hybridized carbons (Fsp3) is 0.396. The number of rotatable bonds is 13. The largest absolute Gasteiger partial charge is 0.668 e. The van der Waals surface area contributed by atoms with Crippen molar-refractivity contribution in [2.75, 3.05) is 19.0 Å². The molecule has 342 valence electrons. The van der Waals surface area contributed by atoms with E-state index in [1.54, 1.807) is 48.8 Å². The number of fused-ring (bicyclic) bond motifs is 6. The summed E-state index contributed by atoms with van der Waals surface area (Å²) in [5.74, 6) is -1.47. The van der Waals surface area contributed by atoms with Crippen LogP contribution in [0.4, 0.5) is 11.5 Å². The molecule has 6 aromatic rings. The number of aryl methyl sites for hydroxylation is 2. The number of pyridine rings is 1. The van der Waals surface area contributed by atoms with Gasteiger partial charge in [-0.05, 0) is 163 Å². The molecule has 3 heterocycles. The number of ether oxygens (including phenoxy) is 2. The summed E-state index contributed by atoms with van der Waals surface area (Å²) in [5.41, 5.74) is 3.57. The number of anilines is 2. The minimum absolute atomic E-state index is 0.00380. The van der Waals surface area contributed by atoms with Crippen LogP contribution >= 0.6 is 0 Å². The third-order valence-corrected chi connectivity index (χ3v) is 13.9. The van der Waals surface area contributed by atoms with Crippen molar-refractivity contribution in [2.45, 2.75) is 102 Å². The van der Waals surface area contributed by atoms with E-state index in [4.69, 9.17) is 14.5 Å². The summed E-state index contributed by atoms with van der Waals surface area (Å²) in [6.07, 6.45) is 5.60. The Labute approximate surface area is 379 Å². The number of hydrogen-bond acceptors (Lipinski definition) is 11. The van der Waals surface area contributed by atoms with Crippen LogP contribution in [0.1, 0.15) is 92.7 Å². The molecule has 7 N–H and O–H groups in total. The number of nitrogens with one attached hydrogen (secondary N) is 1. The number of phenols is 4. The van der Waals surface area contributed by atoms with Gasteiger partial charge in [-0.2, -0.15) is 11.9 Å². The van der Waals surface area contributed by atoms with E-state index in [1.165, 1.54) is 13.2 Å². The van der Waals surface area contributed by atoms with Crippen molar-refractivity contribution in [3.05, 3.63) is 125 Å². The highest BCUT2D eigenvalue weighted by atomic mass is 16.5. The topological polar surface area (TPSA) is 196 Å². The van der Waals surface area contributed by atoms with Gasteiger partial charge in [-0.1, -0.05) is 44.2 Å². The Morgan fingerprint density at radius 3 is 2.55 bits per heavy atom. The molecular formula is C53H60N3O9-. The smallest absolute Gasteiger partial charge is 0.200 e. The van der Waals surface area contributed by atoms with Gasteiger partial charge in [0.15, 0.2) is 23.0 Å². The van der Waals surface area contributed by atoms with Crippen LogP contribution in [0.25, 0.3) is 10.8 Å². The van der Waals surface area contributed by atoms with Crippen LogP contribution in [0.2, 0.25) is 0 Å². The van der Waals surface area contributed by atoms with E-state index in [1.807, 2.05) is 42.5 Å². The van der Waals surface area contributed by atoms with Crippen LogP contribution in [0.15, 0.2) is 97.3 Å². The lowest BCUT2D eigenvalue weighted by Gasteiger charge is -2.46. The molecule has 8 rings (SSSR count). The highest BCUT2D eigenvalue weighted by Gasteiger charge is 2.57. The minimum Gasteiger partial charge on any atom is -0.668 e. The number of aliphatic hydroxyl groups excluding tert-OH is 2. The third-order valence-electron chi connectivity index (χ3n) is 13.9. The maximum absolute atomic E-state index is 15.9. The summed E-state index contributed by atoms with van der Waals surface area (Å²) >= 11 is 0. The second kappa shape index (κ2) is 19.5. The number of nitrogens with zero attached hydrogens (tertiary/aromatic N) is 2. The predicted molar refractivity (Wildman–Crippen MR) is 250 cm³/mol. The zero-order valence-electron chi connectivity index (χ0n) is 37.3. The van der Waals surface area contributed by atoms with Crippen molar-refractivity contribution in [1.29, 1.82) is 0 Å². The molecule has 0 saturated heterocycles. The van der Waals surface area contributed by atoms with Crippen molar-refractivity contribution in [3.63, 3.8) is 0 Å². The van der Waals surface area contributed by atoms with E-state index >= 15 is 4.79 Å². The number of carbonyl (C=O) groups is 1. The van der Waals surface area contributed by atoms with Gasteiger partial charge in [0.2, 0.25) is 5.75 Å². The van der Waals surface area contributed by atoms with Gasteiger partial charge in [0.1, 0.15) is 17.4 Å². The Bertz CT molecular complexity index is 2610. The average Bonchev–Trinajstić information content (AvgIpc) is 3.93. The molecule has 2 bridgehead atoms. The molecule has 0 radical (unpaired) electrons. The van der Waals surface area contributed by atoms with Crippen molar-refractivity contribution in [2.24, 2.45) is 17.8 Å². The summed E-state index contributed by atoms with van der Waals surface area (Å²) < 4.78 is 11.5. The van der Waals surface area contributed by atoms with Gasteiger partial charge < -0.3 is 50.4 Å². The highest BCUT2D eigenvalue weighted by molar-refractivity contribution is 5.92. The fourth-order valence-corrected chi connectivity index (χ4v) is 10.6. The van der Waals surface area contributed by atoms with Gasteiger partial charge in [0.05, 0.1) is 31.8 Å². The molecule has 4 aromatic carbocycles. The molecule has 12 nitrogen and oxygen atoms in total. The number of methoxy groups -OCH3 is 1. The summed E-state index contributed by atoms with van der Waals surface area (Å²) in [4.78, 5) is 25.3. The number of aromatic nitrogens is 2. The Kier molecular flexibility index (Phi) is 13.6. The van der Waals surface area contributed by atoms with E-state index in [9.17, 15) is 30.6 Å². The van der Waals surface area contributed by atoms with Gasteiger partial charge in [0, 0.05) is 23.7 Å². The average molecular weight is 883 g/mol. The standard InChI is InChI=1S/C53H60N3O9/c1-31(2)6-5-23-65-49-28-35(27-47(62)52(49)63)33-10-13-40-39-14-12-38(57)25-34(39)11-15-42(40)56-50-29-36(19-22-55-50)53(20-18-43(58)41(53)30-37-7-4-21-54-37)51(46(61)26-33)45(60)17-9-32-8-16-44(59)48(24-32)64-3/h4,7-8,11-12,14-16,19,21-22,24-25,27-29,31,33,41,43,45,51,57-60,62-63H,5-6,9-10,13,17-18,20,23,26,30H2,1-3H3,(H,55,56)/q-1/t33-,41-,43-,45-,51+,53-/m1/s1. The third kappa shape index (κ3) is 9.60. The number of benzene rings is 4. The molecule has 1 saturated carbocycles. The second-order valence-electron chi connectivity index (χ2n) is 18.4. The van der Waals surface area contributed by atoms with Gasteiger partial charge in [0.25, 0.3) is 0 Å². The fourth-order valence-electron chi connectivity index (χ4n) is 10.6. The second-order valence-corrected chi connectivity index (χ2v) is 18.4. The molecule has 2 aromatic heterocycles. The molecule has 1 aliphatic carbocycles. The van der Waals surface area contributed by atoms with Crippen molar-refractivity contribution < 1.29 is 44.9 Å². The van der Waals surface area contributed by atoms with Gasteiger partial charge in [-0.15, -0.1) is 0 Å². The Morgan fingerprint density at radius 2 is 1.77 bits per heavy atom. The maximum atomic E-state index is 15.9. The van der Waals surface area contributed by atoms with E-state index < -0.39 is 35.4 Å². The molecule has 1 aliphatic heterocycles. The van der Waals surface area contributed by atoms with Crippen LogP contribution in [-0.2, 0) is 29.5 Å². The van der Waals surface area contributed by atoms with Crippen LogP contribution in [-0.4, -0.2) is 67.3 Å². The molecule has 0 amide bonds. The molecule has 0 unspecified atom stereocenters. The zero-order chi connectivity index (χ0) is 45.8. The lowest BCUT2D eigenvalue weighted by molar-refractivity contribution is -0.132. The molecule has 12 heteroatoms. The lowest BCUT2D eigenvalue weighted by Crippen LogP contribution is -2.51. The first-order valence-electron chi connectivity index (χ1n) is 22.8. The first-order chi connectivity index (χ1) is 31.3. The van der Waals surface area contributed by atoms with Crippen molar-refractivity contribution >= 4 is 28.1 Å². The van der Waals surface area contributed by atoms with Crippen LogP contribution < -0.4 is 19.8 Å². The summed E-state index contributed by atoms with van der Waals surface area (Å²) in [6, 6.07) is 25.1. The van der Waals surface area contributed by atoms with E-state index in [-0.39, 0.29) is 47.4 Å². The van der Waals surface area contributed by atoms with Gasteiger partial charge >= 0.3 is 0 Å². The Balaban J connectivity index is 1.29. The number of aromatic hydroxyl groups is 4. The monoisotopic (exact) mass is 882 g/mol. The Hall–Kier alpha value is -6.24. The first-order valence-corrected chi connectivity index (χ1v) is 22.8. The zero-order valence-corrected chi connectivity index (χ0v) is 37.3. The first kappa shape index (κ1) is 45.3.